The molecule has 1 aromatic carbocycles. The third-order valence-corrected chi connectivity index (χ3v) is 4.18. The van der Waals surface area contributed by atoms with Gasteiger partial charge in [0, 0.05) is 30.0 Å². The summed E-state index contributed by atoms with van der Waals surface area (Å²) in [5.41, 5.74) is 10.6. The van der Waals surface area contributed by atoms with Crippen molar-refractivity contribution >= 4 is 52.3 Å². The van der Waals surface area contributed by atoms with Crippen molar-refractivity contribution < 1.29 is 14.3 Å². The highest BCUT2D eigenvalue weighted by atomic mass is 35.5. The summed E-state index contributed by atoms with van der Waals surface area (Å²) >= 11 is 11.5. The van der Waals surface area contributed by atoms with E-state index in [1.807, 2.05) is 6.92 Å². The number of rotatable bonds is 3. The molecule has 8 nitrogen and oxygen atoms in total. The van der Waals surface area contributed by atoms with E-state index in [0.29, 0.717) is 17.8 Å². The molecule has 0 saturated carbocycles. The van der Waals surface area contributed by atoms with Crippen LogP contribution >= 0.6 is 23.2 Å². The highest BCUT2D eigenvalue weighted by Gasteiger charge is 2.22. The molecule has 1 aliphatic rings. The zero-order valence-corrected chi connectivity index (χ0v) is 15.6. The number of carbonyl (C=O) groups excluding carboxylic acids is 2. The van der Waals surface area contributed by atoms with Crippen LogP contribution in [0.5, 0.6) is 5.75 Å². The lowest BCUT2D eigenvalue weighted by Gasteiger charge is -2.20. The molecular weight excluding hydrogens is 393 g/mol. The van der Waals surface area contributed by atoms with Crippen LogP contribution in [0.2, 0.25) is 10.3 Å². The Morgan fingerprint density at radius 3 is 2.63 bits per heavy atom. The maximum Gasteiger partial charge on any atom is 0.417 e. The van der Waals surface area contributed by atoms with E-state index in [2.05, 4.69) is 20.8 Å². The summed E-state index contributed by atoms with van der Waals surface area (Å²) in [6.07, 6.45) is -0.411. The maximum absolute atomic E-state index is 12.1. The average molecular weight is 408 g/mol. The van der Waals surface area contributed by atoms with E-state index in [-0.39, 0.29) is 27.9 Å². The number of pyridine rings is 1. The Bertz CT molecular complexity index is 928. The first-order valence-corrected chi connectivity index (χ1v) is 8.65. The lowest BCUT2D eigenvalue weighted by atomic mass is 9.93. The van der Waals surface area contributed by atoms with E-state index < -0.39 is 6.09 Å². The summed E-state index contributed by atoms with van der Waals surface area (Å²) in [7, 11) is 0. The van der Waals surface area contributed by atoms with Gasteiger partial charge in [-0.3, -0.25) is 10.1 Å². The number of aromatic nitrogens is 1. The molecule has 2 heterocycles. The summed E-state index contributed by atoms with van der Waals surface area (Å²) in [4.78, 5) is 27.2. The van der Waals surface area contributed by atoms with Gasteiger partial charge in [0.15, 0.2) is 0 Å². The highest BCUT2D eigenvalue weighted by Crippen LogP contribution is 2.25. The molecule has 2 aromatic rings. The Balaban J connectivity index is 1.72. The lowest BCUT2D eigenvalue weighted by molar-refractivity contribution is -0.121. The number of halogens is 2. The Kier molecular flexibility index (Phi) is 5.48. The van der Waals surface area contributed by atoms with Crippen molar-refractivity contribution in [1.29, 1.82) is 0 Å². The lowest BCUT2D eigenvalue weighted by Crippen LogP contribution is -2.32. The van der Waals surface area contributed by atoms with Crippen LogP contribution in [0, 0.1) is 5.92 Å². The van der Waals surface area contributed by atoms with Crippen LogP contribution in [-0.2, 0) is 4.79 Å². The van der Waals surface area contributed by atoms with Crippen LogP contribution in [0.4, 0.5) is 16.2 Å². The van der Waals surface area contributed by atoms with Crippen LogP contribution in [0.25, 0.3) is 0 Å². The van der Waals surface area contributed by atoms with Gasteiger partial charge in [0.2, 0.25) is 5.91 Å². The second kappa shape index (κ2) is 7.81. The summed E-state index contributed by atoms with van der Waals surface area (Å²) in [6.45, 7) is 1.91. The molecule has 0 saturated heterocycles. The molecule has 4 N–H and O–H groups in total. The Labute approximate surface area is 164 Å². The van der Waals surface area contributed by atoms with E-state index in [0.717, 1.165) is 11.3 Å². The summed E-state index contributed by atoms with van der Waals surface area (Å²) in [5, 5.41) is 6.83. The molecule has 1 aliphatic heterocycles. The van der Waals surface area contributed by atoms with Crippen LogP contribution in [0.3, 0.4) is 0 Å². The van der Waals surface area contributed by atoms with Crippen LogP contribution < -0.4 is 21.2 Å². The first kappa shape index (κ1) is 18.9. The molecule has 0 fully saturated rings. The molecule has 2 amide bonds. The third-order valence-electron chi connectivity index (χ3n) is 3.79. The number of nitrogen functional groups attached to an aromatic ring is 1. The van der Waals surface area contributed by atoms with Crippen LogP contribution in [-0.4, -0.2) is 22.7 Å². The van der Waals surface area contributed by atoms with Gasteiger partial charge in [-0.15, -0.1) is 0 Å². The van der Waals surface area contributed by atoms with Crippen molar-refractivity contribution in [3.63, 3.8) is 0 Å². The number of ether oxygens (including phenoxy) is 1. The number of amides is 2. The monoisotopic (exact) mass is 407 g/mol. The zero-order chi connectivity index (χ0) is 19.6. The normalized spacial score (nSPS) is 16.3. The summed E-state index contributed by atoms with van der Waals surface area (Å²) in [5.74, 6) is -0.0199. The predicted molar refractivity (Wildman–Crippen MR) is 103 cm³/mol. The number of benzene rings is 1. The van der Waals surface area contributed by atoms with Gasteiger partial charge in [-0.1, -0.05) is 36.2 Å². The molecule has 0 bridgehead atoms. The quantitative estimate of drug-likeness (QED) is 0.531. The first-order chi connectivity index (χ1) is 12.8. The van der Waals surface area contributed by atoms with Gasteiger partial charge in [-0.05, 0) is 12.1 Å². The van der Waals surface area contributed by atoms with Crippen molar-refractivity contribution in [2.45, 2.75) is 13.3 Å². The third kappa shape index (κ3) is 4.66. The second-order valence-electron chi connectivity index (χ2n) is 5.90. The van der Waals surface area contributed by atoms with Gasteiger partial charge >= 0.3 is 6.09 Å². The minimum absolute atomic E-state index is 0.0388. The fourth-order valence-corrected chi connectivity index (χ4v) is 3.02. The van der Waals surface area contributed by atoms with Gasteiger partial charge in [0.05, 0.1) is 17.1 Å². The highest BCUT2D eigenvalue weighted by molar-refractivity contribution is 6.32. The molecule has 3 rings (SSSR count). The van der Waals surface area contributed by atoms with Gasteiger partial charge < -0.3 is 10.5 Å². The van der Waals surface area contributed by atoms with Gasteiger partial charge in [0.25, 0.3) is 0 Å². The topological polar surface area (TPSA) is 119 Å². The zero-order valence-electron chi connectivity index (χ0n) is 14.1. The number of nitrogens with two attached hydrogens (primary N) is 1. The fraction of sp³-hybridized carbons (Fsp3) is 0.176. The maximum atomic E-state index is 12.1. The van der Waals surface area contributed by atoms with Gasteiger partial charge in [-0.25, -0.2) is 15.2 Å². The van der Waals surface area contributed by atoms with E-state index in [1.165, 1.54) is 12.1 Å². The first-order valence-electron chi connectivity index (χ1n) is 7.90. The molecular formula is C17H15Cl2N5O3. The smallest absolute Gasteiger partial charge is 0.410 e. The molecule has 1 aromatic heterocycles. The van der Waals surface area contributed by atoms with E-state index in [9.17, 15) is 9.59 Å². The number of nitrogens with one attached hydrogen (secondary N) is 2. The van der Waals surface area contributed by atoms with Crippen molar-refractivity contribution in [2.24, 2.45) is 11.0 Å². The number of hydrogen-bond donors (Lipinski definition) is 3. The van der Waals surface area contributed by atoms with E-state index >= 15 is 0 Å². The van der Waals surface area contributed by atoms with Crippen LogP contribution in [0.15, 0.2) is 35.4 Å². The SMILES string of the molecule is CC1CC(=O)NN=C1c1ccc(NC(=O)Oc2cc(Cl)nc(Cl)c2)c(N)c1. The van der Waals surface area contributed by atoms with E-state index in [4.69, 9.17) is 33.7 Å². The van der Waals surface area contributed by atoms with Gasteiger partial charge in [0.1, 0.15) is 16.1 Å². The predicted octanol–water partition coefficient (Wildman–Crippen LogP) is 3.44. The standard InChI is InChI=1S/C17H15Cl2N5O3/c1-8-4-15(25)23-24-16(8)9-2-3-12(11(20)5-9)21-17(26)27-10-6-13(18)22-14(19)7-10/h2-3,5-8H,4,20H2,1H3,(H,21,26)(H,23,25). The Hall–Kier alpha value is -2.84. The van der Waals surface area contributed by atoms with Crippen molar-refractivity contribution in [3.05, 3.63) is 46.2 Å². The Morgan fingerprint density at radius 2 is 2.00 bits per heavy atom. The number of hydrogen-bond acceptors (Lipinski definition) is 6. The largest absolute Gasteiger partial charge is 0.417 e. The number of hydrazone groups is 1. The molecule has 0 aliphatic carbocycles. The van der Waals surface area contributed by atoms with Gasteiger partial charge in [-0.2, -0.15) is 5.10 Å². The minimum atomic E-state index is -0.761. The molecule has 0 radical (unpaired) electrons. The van der Waals surface area contributed by atoms with Crippen molar-refractivity contribution in [1.82, 2.24) is 10.4 Å². The molecule has 140 valence electrons. The van der Waals surface area contributed by atoms with Crippen LogP contribution in [0.1, 0.15) is 18.9 Å². The molecule has 1 unspecified atom stereocenters. The Morgan fingerprint density at radius 1 is 1.30 bits per heavy atom. The molecule has 0 spiro atoms. The minimum Gasteiger partial charge on any atom is -0.410 e. The molecule has 10 heteroatoms. The summed E-state index contributed by atoms with van der Waals surface area (Å²) < 4.78 is 5.12. The number of nitrogens with zero attached hydrogens (tertiary/aromatic N) is 2. The average Bonchev–Trinajstić information content (AvgIpc) is 2.56. The van der Waals surface area contributed by atoms with E-state index in [1.54, 1.807) is 18.2 Å². The number of anilines is 2. The number of carbonyl (C=O) groups is 2. The molecule has 27 heavy (non-hydrogen) atoms. The molecule has 1 atom stereocenters. The summed E-state index contributed by atoms with van der Waals surface area (Å²) in [6, 6.07) is 7.76. The van der Waals surface area contributed by atoms with Crippen molar-refractivity contribution in [3.8, 4) is 5.75 Å². The van der Waals surface area contributed by atoms with Crippen molar-refractivity contribution in [2.75, 3.05) is 11.1 Å². The second-order valence-corrected chi connectivity index (χ2v) is 6.68. The fourth-order valence-electron chi connectivity index (χ4n) is 2.58.